The molecule has 0 fully saturated rings. The van der Waals surface area contributed by atoms with Gasteiger partial charge in [-0.05, 0) is 13.8 Å². The van der Waals surface area contributed by atoms with Crippen LogP contribution >= 0.6 is 0 Å². The molecule has 0 aliphatic carbocycles. The molecule has 0 spiro atoms. The van der Waals surface area contributed by atoms with Gasteiger partial charge in [-0.3, -0.25) is 0 Å². The smallest absolute Gasteiger partial charge is 0.235 e. The van der Waals surface area contributed by atoms with Gasteiger partial charge in [0.1, 0.15) is 6.21 Å². The summed E-state index contributed by atoms with van der Waals surface area (Å²) in [6.45, 7) is 3.88. The van der Waals surface area contributed by atoms with Crippen LogP contribution in [0.4, 0.5) is 0 Å². The van der Waals surface area contributed by atoms with E-state index in [4.69, 9.17) is 4.74 Å². The molecule has 3 nitrogen and oxygen atoms in total. The van der Waals surface area contributed by atoms with Gasteiger partial charge in [0.25, 0.3) is 0 Å². The molecule has 0 bridgehead atoms. The molecule has 0 aromatic heterocycles. The Kier molecular flexibility index (Phi) is 1.72. The van der Waals surface area contributed by atoms with Crippen molar-refractivity contribution in [3.8, 4) is 0 Å². The van der Waals surface area contributed by atoms with Gasteiger partial charge in [-0.2, -0.15) is 0 Å². The Morgan fingerprint density at radius 1 is 1.67 bits per heavy atom. The Morgan fingerprint density at radius 2 is 2.44 bits per heavy atom. The van der Waals surface area contributed by atoms with Crippen molar-refractivity contribution in [2.45, 2.75) is 20.0 Å². The molecular weight excluding hydrogens is 116 g/mol. The lowest BCUT2D eigenvalue weighted by molar-refractivity contribution is 0.132. The Labute approximate surface area is 54.4 Å². The van der Waals surface area contributed by atoms with Crippen LogP contribution in [0.25, 0.3) is 0 Å². The number of allylic oxidation sites excluding steroid dienone is 1. The van der Waals surface area contributed by atoms with E-state index in [-0.39, 0.29) is 6.10 Å². The summed E-state index contributed by atoms with van der Waals surface area (Å²) in [5, 5.41) is 3.48. The maximum absolute atomic E-state index is 5.15. The average molecular weight is 124 g/mol. The van der Waals surface area contributed by atoms with Crippen molar-refractivity contribution in [1.29, 1.82) is 0 Å². The Hall–Kier alpha value is -0.990. The molecule has 0 aromatic carbocycles. The molecule has 0 saturated carbocycles. The molecule has 2 radical (unpaired) electrons. The van der Waals surface area contributed by atoms with E-state index in [1.807, 2.05) is 13.8 Å². The summed E-state index contributed by atoms with van der Waals surface area (Å²) in [4.78, 5) is 0. The SMILES string of the molecule is CC(C)OC1=C[C]=N[N]1. The van der Waals surface area contributed by atoms with E-state index in [1.165, 1.54) is 0 Å². The second-order valence-electron chi connectivity index (χ2n) is 1.98. The zero-order valence-electron chi connectivity index (χ0n) is 5.46. The highest BCUT2D eigenvalue weighted by molar-refractivity contribution is 5.73. The monoisotopic (exact) mass is 124 g/mol. The molecule has 1 rings (SSSR count). The van der Waals surface area contributed by atoms with Crippen molar-refractivity contribution < 1.29 is 4.74 Å². The maximum atomic E-state index is 5.15. The van der Waals surface area contributed by atoms with Crippen molar-refractivity contribution in [2.75, 3.05) is 0 Å². The molecule has 3 heteroatoms. The summed E-state index contributed by atoms with van der Waals surface area (Å²) in [6.07, 6.45) is 4.32. The van der Waals surface area contributed by atoms with E-state index >= 15 is 0 Å². The van der Waals surface area contributed by atoms with E-state index in [0.29, 0.717) is 5.88 Å². The van der Waals surface area contributed by atoms with Crippen LogP contribution in [-0.4, -0.2) is 12.3 Å². The topological polar surface area (TPSA) is 35.7 Å². The summed E-state index contributed by atoms with van der Waals surface area (Å²) in [5.41, 5.74) is 3.63. The fourth-order valence-electron chi connectivity index (χ4n) is 0.490. The van der Waals surface area contributed by atoms with E-state index < -0.39 is 0 Å². The van der Waals surface area contributed by atoms with Crippen LogP contribution in [0, 0.1) is 0 Å². The third-order valence-electron chi connectivity index (χ3n) is 0.751. The standard InChI is InChI=1S/C6H8N2O/c1-5(2)9-6-3-4-7-8-6/h3,5H,1-2H3. The third kappa shape index (κ3) is 1.76. The lowest BCUT2D eigenvalue weighted by atomic mass is 10.5. The summed E-state index contributed by atoms with van der Waals surface area (Å²) in [5.74, 6) is 0.546. The number of ether oxygens (including phenoxy) is 1. The third-order valence-corrected chi connectivity index (χ3v) is 0.751. The van der Waals surface area contributed by atoms with Crippen LogP contribution in [0.1, 0.15) is 13.8 Å². The van der Waals surface area contributed by atoms with Gasteiger partial charge in [-0.1, -0.05) is 0 Å². The van der Waals surface area contributed by atoms with Crippen molar-refractivity contribution in [1.82, 2.24) is 5.43 Å². The minimum atomic E-state index is 0.162. The first-order valence-electron chi connectivity index (χ1n) is 2.82. The molecule has 1 heterocycles. The van der Waals surface area contributed by atoms with Gasteiger partial charge in [0.2, 0.25) is 5.88 Å². The second kappa shape index (κ2) is 2.53. The molecule has 0 amide bonds. The minimum Gasteiger partial charge on any atom is -0.474 e. The van der Waals surface area contributed by atoms with Gasteiger partial charge in [0, 0.05) is 6.08 Å². The predicted molar refractivity (Wildman–Crippen MR) is 33.9 cm³/mol. The highest BCUT2D eigenvalue weighted by atomic mass is 16.5. The maximum Gasteiger partial charge on any atom is 0.235 e. The summed E-state index contributed by atoms with van der Waals surface area (Å²) < 4.78 is 5.15. The first kappa shape index (κ1) is 6.13. The van der Waals surface area contributed by atoms with Gasteiger partial charge in [0.05, 0.1) is 6.10 Å². The Bertz CT molecular complexity index is 149. The van der Waals surface area contributed by atoms with Crippen molar-refractivity contribution in [3.63, 3.8) is 0 Å². The van der Waals surface area contributed by atoms with Crippen LogP contribution in [0.5, 0.6) is 0 Å². The van der Waals surface area contributed by atoms with Gasteiger partial charge in [-0.25, -0.2) is 0 Å². The van der Waals surface area contributed by atoms with Crippen molar-refractivity contribution in [3.05, 3.63) is 12.0 Å². The molecule has 1 aliphatic rings. The quantitative estimate of drug-likeness (QED) is 0.534. The Morgan fingerprint density at radius 3 is 2.89 bits per heavy atom. The van der Waals surface area contributed by atoms with E-state index in [9.17, 15) is 0 Å². The van der Waals surface area contributed by atoms with Crippen LogP contribution in [0.15, 0.2) is 17.1 Å². The lowest BCUT2D eigenvalue weighted by Gasteiger charge is -2.06. The highest BCUT2D eigenvalue weighted by Crippen LogP contribution is 2.02. The molecule has 9 heavy (non-hydrogen) atoms. The molecule has 0 unspecified atom stereocenters. The zero-order valence-corrected chi connectivity index (χ0v) is 5.46. The zero-order chi connectivity index (χ0) is 6.69. The molecular formula is C6H8N2O. The fourth-order valence-corrected chi connectivity index (χ4v) is 0.490. The van der Waals surface area contributed by atoms with Gasteiger partial charge < -0.3 is 4.74 Å². The molecule has 48 valence electrons. The van der Waals surface area contributed by atoms with E-state index in [0.717, 1.165) is 0 Å². The van der Waals surface area contributed by atoms with E-state index in [2.05, 4.69) is 16.7 Å². The number of rotatable bonds is 2. The van der Waals surface area contributed by atoms with E-state index in [1.54, 1.807) is 6.08 Å². The van der Waals surface area contributed by atoms with Gasteiger partial charge >= 0.3 is 0 Å². The summed E-state index contributed by atoms with van der Waals surface area (Å²) in [7, 11) is 0. The van der Waals surface area contributed by atoms with Crippen LogP contribution in [-0.2, 0) is 4.74 Å². The molecule has 0 N–H and O–H groups in total. The number of hydrogen-bond donors (Lipinski definition) is 0. The molecule has 0 atom stereocenters. The lowest BCUT2D eigenvalue weighted by Crippen LogP contribution is -2.05. The average Bonchev–Trinajstić information content (AvgIpc) is 2.15. The molecule has 1 aliphatic heterocycles. The predicted octanol–water partition coefficient (Wildman–Crippen LogP) is 0.734. The first-order chi connectivity index (χ1) is 4.29. The largest absolute Gasteiger partial charge is 0.474 e. The van der Waals surface area contributed by atoms with Crippen LogP contribution in [0.3, 0.4) is 0 Å². The molecule has 0 saturated heterocycles. The summed E-state index contributed by atoms with van der Waals surface area (Å²) >= 11 is 0. The van der Waals surface area contributed by atoms with Crippen molar-refractivity contribution in [2.24, 2.45) is 5.10 Å². The second-order valence-corrected chi connectivity index (χ2v) is 1.98. The fraction of sp³-hybridized carbons (Fsp3) is 0.500. The summed E-state index contributed by atoms with van der Waals surface area (Å²) in [6, 6.07) is 0. The van der Waals surface area contributed by atoms with Gasteiger partial charge in [-0.15, -0.1) is 10.5 Å². The number of hydrogen-bond acceptors (Lipinski definition) is 2. The number of nitrogens with zero attached hydrogens (tertiary/aromatic N) is 2. The normalized spacial score (nSPS) is 15.7. The molecule has 0 aromatic rings. The minimum absolute atomic E-state index is 0.162. The highest BCUT2D eigenvalue weighted by Gasteiger charge is 2.04. The van der Waals surface area contributed by atoms with Crippen LogP contribution in [0.2, 0.25) is 0 Å². The first-order valence-corrected chi connectivity index (χ1v) is 2.82. The van der Waals surface area contributed by atoms with Crippen LogP contribution < -0.4 is 5.43 Å². The Balaban J connectivity index is 2.30. The van der Waals surface area contributed by atoms with Crippen molar-refractivity contribution >= 4 is 6.21 Å². The van der Waals surface area contributed by atoms with Gasteiger partial charge in [0.15, 0.2) is 0 Å².